The topological polar surface area (TPSA) is 40.5 Å². The molecule has 1 saturated heterocycles. The highest BCUT2D eigenvalue weighted by atomic mass is 35.5. The van der Waals surface area contributed by atoms with Crippen LogP contribution in [0.15, 0.2) is 24.3 Å². The number of rotatable bonds is 4. The van der Waals surface area contributed by atoms with Crippen molar-refractivity contribution in [1.29, 1.82) is 0 Å². The van der Waals surface area contributed by atoms with E-state index in [1.165, 1.54) is 18.5 Å². The Kier molecular flexibility index (Phi) is 4.70. The standard InChI is InChI=1S/C15H20ClNO2/c1-11-6-8-17(9-7-11)13-4-2-12(3-5-13)10-14(16)15(18)19/h2-5,11,14H,6-10H2,1H3,(H,18,19). The Balaban J connectivity index is 1.96. The number of anilines is 1. The largest absolute Gasteiger partial charge is 0.480 e. The zero-order chi connectivity index (χ0) is 13.8. The molecule has 2 rings (SSSR count). The number of alkyl halides is 1. The molecule has 0 saturated carbocycles. The first-order chi connectivity index (χ1) is 9.06. The Morgan fingerprint density at radius 3 is 2.47 bits per heavy atom. The summed E-state index contributed by atoms with van der Waals surface area (Å²) < 4.78 is 0. The summed E-state index contributed by atoms with van der Waals surface area (Å²) in [6.45, 7) is 4.51. The van der Waals surface area contributed by atoms with Crippen molar-refractivity contribution in [2.24, 2.45) is 5.92 Å². The lowest BCUT2D eigenvalue weighted by molar-refractivity contribution is -0.136. The lowest BCUT2D eigenvalue weighted by Gasteiger charge is -2.32. The molecule has 1 unspecified atom stereocenters. The number of nitrogens with zero attached hydrogens (tertiary/aromatic N) is 1. The van der Waals surface area contributed by atoms with Gasteiger partial charge in [0.15, 0.2) is 0 Å². The van der Waals surface area contributed by atoms with Crippen LogP contribution in [0.4, 0.5) is 5.69 Å². The van der Waals surface area contributed by atoms with Gasteiger partial charge in [0, 0.05) is 18.8 Å². The summed E-state index contributed by atoms with van der Waals surface area (Å²) >= 11 is 5.74. The van der Waals surface area contributed by atoms with Crippen LogP contribution < -0.4 is 4.90 Å². The summed E-state index contributed by atoms with van der Waals surface area (Å²) in [6.07, 6.45) is 2.85. The van der Waals surface area contributed by atoms with Crippen molar-refractivity contribution in [2.75, 3.05) is 18.0 Å². The Labute approximate surface area is 119 Å². The van der Waals surface area contributed by atoms with Crippen molar-refractivity contribution in [3.63, 3.8) is 0 Å². The van der Waals surface area contributed by atoms with Gasteiger partial charge in [-0.15, -0.1) is 11.6 Å². The fraction of sp³-hybridized carbons (Fsp3) is 0.533. The maximum Gasteiger partial charge on any atom is 0.321 e. The third kappa shape index (κ3) is 3.87. The van der Waals surface area contributed by atoms with Gasteiger partial charge in [0.25, 0.3) is 0 Å². The first-order valence-corrected chi connectivity index (χ1v) is 7.20. The smallest absolute Gasteiger partial charge is 0.321 e. The van der Waals surface area contributed by atoms with Gasteiger partial charge >= 0.3 is 5.97 Å². The van der Waals surface area contributed by atoms with Gasteiger partial charge in [0.1, 0.15) is 5.38 Å². The summed E-state index contributed by atoms with van der Waals surface area (Å²) in [5, 5.41) is 7.94. The molecule has 19 heavy (non-hydrogen) atoms. The minimum atomic E-state index is -0.962. The fourth-order valence-electron chi connectivity index (χ4n) is 2.40. The summed E-state index contributed by atoms with van der Waals surface area (Å²) in [6, 6.07) is 8.09. The van der Waals surface area contributed by atoms with Crippen LogP contribution in [-0.2, 0) is 11.2 Å². The molecule has 1 aromatic carbocycles. The lowest BCUT2D eigenvalue weighted by atomic mass is 9.98. The van der Waals surface area contributed by atoms with Crippen LogP contribution in [0.2, 0.25) is 0 Å². The molecule has 104 valence electrons. The van der Waals surface area contributed by atoms with Crippen molar-refractivity contribution in [2.45, 2.75) is 31.6 Å². The third-order valence-corrected chi connectivity index (χ3v) is 4.11. The second kappa shape index (κ2) is 6.29. The van der Waals surface area contributed by atoms with Crippen molar-refractivity contribution < 1.29 is 9.90 Å². The van der Waals surface area contributed by atoms with E-state index in [0.717, 1.165) is 24.6 Å². The van der Waals surface area contributed by atoms with Gasteiger partial charge in [-0.3, -0.25) is 4.79 Å². The van der Waals surface area contributed by atoms with Crippen LogP contribution in [0.5, 0.6) is 0 Å². The molecular formula is C15H20ClNO2. The first-order valence-electron chi connectivity index (χ1n) is 6.77. The average Bonchev–Trinajstić information content (AvgIpc) is 2.40. The molecule has 0 aliphatic carbocycles. The summed E-state index contributed by atoms with van der Waals surface area (Å²) in [5.41, 5.74) is 2.19. The van der Waals surface area contributed by atoms with Gasteiger partial charge in [0.2, 0.25) is 0 Å². The number of carbonyl (C=O) groups is 1. The Bertz CT molecular complexity index is 424. The minimum absolute atomic E-state index is 0.369. The number of hydrogen-bond acceptors (Lipinski definition) is 2. The number of piperidine rings is 1. The monoisotopic (exact) mass is 281 g/mol. The number of aliphatic carboxylic acids is 1. The normalized spacial score (nSPS) is 18.3. The average molecular weight is 282 g/mol. The van der Waals surface area contributed by atoms with Crippen LogP contribution in [0.1, 0.15) is 25.3 Å². The fourth-order valence-corrected chi connectivity index (χ4v) is 2.58. The van der Waals surface area contributed by atoms with E-state index in [1.807, 2.05) is 12.1 Å². The summed E-state index contributed by atoms with van der Waals surface area (Å²) in [5.74, 6) is -0.140. The van der Waals surface area contributed by atoms with Crippen LogP contribution in [0, 0.1) is 5.92 Å². The molecule has 0 bridgehead atoms. The number of benzene rings is 1. The molecule has 1 aromatic rings. The number of carboxylic acid groups (broad SMARTS) is 1. The molecule has 1 fully saturated rings. The Morgan fingerprint density at radius 2 is 1.95 bits per heavy atom. The molecule has 0 amide bonds. The van der Waals surface area contributed by atoms with E-state index in [1.54, 1.807) is 0 Å². The zero-order valence-corrected chi connectivity index (χ0v) is 11.9. The van der Waals surface area contributed by atoms with Crippen LogP contribution in [0.3, 0.4) is 0 Å². The van der Waals surface area contributed by atoms with E-state index in [4.69, 9.17) is 16.7 Å². The van der Waals surface area contributed by atoms with E-state index in [9.17, 15) is 4.79 Å². The molecule has 0 radical (unpaired) electrons. The van der Waals surface area contributed by atoms with Crippen LogP contribution in [-0.4, -0.2) is 29.5 Å². The molecule has 1 atom stereocenters. The van der Waals surface area contributed by atoms with E-state index < -0.39 is 11.3 Å². The lowest BCUT2D eigenvalue weighted by Crippen LogP contribution is -2.32. The second-order valence-corrected chi connectivity index (χ2v) is 5.87. The van der Waals surface area contributed by atoms with Gasteiger partial charge in [-0.25, -0.2) is 0 Å². The van der Waals surface area contributed by atoms with Gasteiger partial charge in [0.05, 0.1) is 0 Å². The second-order valence-electron chi connectivity index (χ2n) is 5.35. The predicted molar refractivity (Wildman–Crippen MR) is 78.0 cm³/mol. The SMILES string of the molecule is CC1CCN(c2ccc(CC(Cl)C(=O)O)cc2)CC1. The molecule has 4 heteroatoms. The number of hydrogen-bond donors (Lipinski definition) is 1. The third-order valence-electron chi connectivity index (χ3n) is 3.77. The molecule has 1 N–H and O–H groups in total. The molecular weight excluding hydrogens is 262 g/mol. The van der Waals surface area contributed by atoms with Gasteiger partial charge in [-0.2, -0.15) is 0 Å². The zero-order valence-electron chi connectivity index (χ0n) is 11.2. The van der Waals surface area contributed by atoms with Crippen molar-refractivity contribution in [1.82, 2.24) is 0 Å². The maximum absolute atomic E-state index is 10.7. The highest BCUT2D eigenvalue weighted by molar-refractivity contribution is 6.29. The van der Waals surface area contributed by atoms with E-state index in [2.05, 4.69) is 24.0 Å². The molecule has 3 nitrogen and oxygen atoms in total. The van der Waals surface area contributed by atoms with Crippen LogP contribution >= 0.6 is 11.6 Å². The molecule has 1 heterocycles. The van der Waals surface area contributed by atoms with Gasteiger partial charge in [-0.05, 0) is 42.9 Å². The van der Waals surface area contributed by atoms with Crippen LogP contribution in [0.25, 0.3) is 0 Å². The minimum Gasteiger partial charge on any atom is -0.480 e. The number of halogens is 1. The molecule has 1 aliphatic rings. The van der Waals surface area contributed by atoms with Gasteiger partial charge < -0.3 is 10.0 Å². The summed E-state index contributed by atoms with van der Waals surface area (Å²) in [4.78, 5) is 13.1. The molecule has 1 aliphatic heterocycles. The highest BCUT2D eigenvalue weighted by Crippen LogP contribution is 2.23. The Hall–Kier alpha value is -1.22. The van der Waals surface area contributed by atoms with Crippen molar-refractivity contribution >= 4 is 23.3 Å². The first kappa shape index (κ1) is 14.2. The maximum atomic E-state index is 10.7. The van der Waals surface area contributed by atoms with Crippen molar-refractivity contribution in [3.05, 3.63) is 29.8 Å². The van der Waals surface area contributed by atoms with Crippen molar-refractivity contribution in [3.8, 4) is 0 Å². The van der Waals surface area contributed by atoms with E-state index in [-0.39, 0.29) is 0 Å². The molecule has 0 aromatic heterocycles. The predicted octanol–water partition coefficient (Wildman–Crippen LogP) is 3.16. The van der Waals surface area contributed by atoms with Gasteiger partial charge in [-0.1, -0.05) is 19.1 Å². The Morgan fingerprint density at radius 1 is 1.37 bits per heavy atom. The van der Waals surface area contributed by atoms with E-state index >= 15 is 0 Å². The quantitative estimate of drug-likeness (QED) is 0.862. The summed E-state index contributed by atoms with van der Waals surface area (Å²) in [7, 11) is 0. The highest BCUT2D eigenvalue weighted by Gasteiger charge is 2.17. The molecule has 0 spiro atoms. The van der Waals surface area contributed by atoms with E-state index in [0.29, 0.717) is 6.42 Å². The number of carboxylic acids is 1.